The van der Waals surface area contributed by atoms with Crippen LogP contribution < -0.4 is 0 Å². The molecule has 1 aliphatic rings. The molecule has 0 spiro atoms. The average Bonchev–Trinajstić information content (AvgIpc) is 2.46. The van der Waals surface area contributed by atoms with E-state index in [4.69, 9.17) is 11.6 Å². The van der Waals surface area contributed by atoms with Crippen LogP contribution in [0.3, 0.4) is 0 Å². The Balaban J connectivity index is 2.10. The van der Waals surface area contributed by atoms with Crippen molar-refractivity contribution >= 4 is 21.4 Å². The predicted octanol–water partition coefficient (Wildman–Crippen LogP) is 1.67. The van der Waals surface area contributed by atoms with Crippen LogP contribution in [0.5, 0.6) is 5.75 Å². The number of phenolic OH excluding ortho intramolecular Hbond substituents is 1. The van der Waals surface area contributed by atoms with Crippen LogP contribution in [-0.2, 0) is 16.4 Å². The molecule has 0 radical (unpaired) electrons. The Morgan fingerprint density at radius 1 is 1.28 bits per heavy atom. The van der Waals surface area contributed by atoms with E-state index in [1.165, 1.54) is 0 Å². The first kappa shape index (κ1) is 13.6. The third kappa shape index (κ3) is 3.37. The van der Waals surface area contributed by atoms with E-state index in [0.717, 1.165) is 0 Å². The summed E-state index contributed by atoms with van der Waals surface area (Å²) in [5.74, 6) is 0.588. The fourth-order valence-electron chi connectivity index (χ4n) is 2.08. The number of benzene rings is 1. The highest BCUT2D eigenvalue weighted by molar-refractivity contribution is 7.91. The summed E-state index contributed by atoms with van der Waals surface area (Å²) in [5, 5.41) is 10.3. The molecular weight excluding hydrogens is 274 g/mol. The third-order valence-electron chi connectivity index (χ3n) is 3.12. The van der Waals surface area contributed by atoms with E-state index in [9.17, 15) is 13.5 Å². The van der Waals surface area contributed by atoms with Crippen LogP contribution in [-0.4, -0.2) is 43.0 Å². The lowest BCUT2D eigenvalue weighted by molar-refractivity contribution is 0.283. The molecule has 100 valence electrons. The highest BCUT2D eigenvalue weighted by atomic mass is 35.5. The monoisotopic (exact) mass is 289 g/mol. The van der Waals surface area contributed by atoms with Crippen LogP contribution in [0.1, 0.15) is 12.0 Å². The van der Waals surface area contributed by atoms with Gasteiger partial charge in [0.2, 0.25) is 0 Å². The van der Waals surface area contributed by atoms with Gasteiger partial charge in [0.05, 0.1) is 11.5 Å². The Morgan fingerprint density at radius 2 is 2.06 bits per heavy atom. The molecule has 1 heterocycles. The van der Waals surface area contributed by atoms with Gasteiger partial charge in [-0.1, -0.05) is 17.7 Å². The van der Waals surface area contributed by atoms with E-state index in [1.54, 1.807) is 18.2 Å². The molecule has 1 saturated heterocycles. The number of hydrogen-bond acceptors (Lipinski definition) is 4. The Kier molecular flexibility index (Phi) is 4.14. The van der Waals surface area contributed by atoms with Gasteiger partial charge in [0.1, 0.15) is 5.75 Å². The molecule has 0 aliphatic carbocycles. The smallest absolute Gasteiger partial charge is 0.151 e. The van der Waals surface area contributed by atoms with Gasteiger partial charge in [-0.25, -0.2) is 8.42 Å². The van der Waals surface area contributed by atoms with Crippen LogP contribution in [0.2, 0.25) is 5.02 Å². The lowest BCUT2D eigenvalue weighted by Gasteiger charge is -2.20. The molecule has 1 fully saturated rings. The van der Waals surface area contributed by atoms with Gasteiger partial charge in [-0.2, -0.15) is 0 Å². The second kappa shape index (κ2) is 5.47. The summed E-state index contributed by atoms with van der Waals surface area (Å²) >= 11 is 6.04. The number of halogens is 1. The second-order valence-electron chi connectivity index (χ2n) is 4.52. The molecule has 2 rings (SSSR count). The lowest BCUT2D eigenvalue weighted by atomic mass is 10.2. The highest BCUT2D eigenvalue weighted by Crippen LogP contribution is 2.27. The molecule has 6 heteroatoms. The van der Waals surface area contributed by atoms with Crippen LogP contribution in [0, 0.1) is 0 Å². The number of aromatic hydroxyl groups is 1. The number of nitrogens with zero attached hydrogens (tertiary/aromatic N) is 1. The van der Waals surface area contributed by atoms with Crippen LogP contribution in [0.25, 0.3) is 0 Å². The molecular formula is C12H16ClNO3S. The van der Waals surface area contributed by atoms with Gasteiger partial charge in [-0.15, -0.1) is 0 Å². The van der Waals surface area contributed by atoms with Gasteiger partial charge < -0.3 is 5.11 Å². The zero-order valence-corrected chi connectivity index (χ0v) is 11.5. The normalized spacial score (nSPS) is 20.5. The minimum Gasteiger partial charge on any atom is -0.508 e. The van der Waals surface area contributed by atoms with Crippen molar-refractivity contribution in [2.75, 3.05) is 24.6 Å². The average molecular weight is 290 g/mol. The Bertz CT molecular complexity index is 510. The topological polar surface area (TPSA) is 57.6 Å². The molecule has 0 saturated carbocycles. The molecule has 1 aliphatic heterocycles. The Morgan fingerprint density at radius 3 is 2.78 bits per heavy atom. The van der Waals surface area contributed by atoms with Gasteiger partial charge in [0.15, 0.2) is 9.84 Å². The fraction of sp³-hybridized carbons (Fsp3) is 0.500. The maximum atomic E-state index is 11.5. The Hall–Kier alpha value is -0.780. The molecule has 1 N–H and O–H groups in total. The number of hydrogen-bond donors (Lipinski definition) is 1. The fourth-order valence-corrected chi connectivity index (χ4v) is 3.61. The maximum absolute atomic E-state index is 11.5. The predicted molar refractivity (Wildman–Crippen MR) is 71.7 cm³/mol. The van der Waals surface area contributed by atoms with Crippen LogP contribution >= 0.6 is 11.6 Å². The van der Waals surface area contributed by atoms with Gasteiger partial charge >= 0.3 is 0 Å². The first-order valence-corrected chi connectivity index (χ1v) is 8.07. The summed E-state index contributed by atoms with van der Waals surface area (Å²) in [5.41, 5.74) is 0.665. The summed E-state index contributed by atoms with van der Waals surface area (Å²) in [6, 6.07) is 5.01. The second-order valence-corrected chi connectivity index (χ2v) is 7.23. The molecule has 0 amide bonds. The largest absolute Gasteiger partial charge is 0.508 e. The summed E-state index contributed by atoms with van der Waals surface area (Å²) in [7, 11) is -2.90. The van der Waals surface area contributed by atoms with Crippen LogP contribution in [0.4, 0.5) is 0 Å². The molecule has 18 heavy (non-hydrogen) atoms. The van der Waals surface area contributed by atoms with E-state index >= 15 is 0 Å². The van der Waals surface area contributed by atoms with E-state index in [2.05, 4.69) is 0 Å². The van der Waals surface area contributed by atoms with Crippen molar-refractivity contribution in [3.63, 3.8) is 0 Å². The first-order chi connectivity index (χ1) is 8.48. The summed E-state index contributed by atoms with van der Waals surface area (Å²) in [4.78, 5) is 2.02. The number of phenols is 1. The zero-order valence-electron chi connectivity index (χ0n) is 9.97. The highest BCUT2D eigenvalue weighted by Gasteiger charge is 2.20. The van der Waals surface area contributed by atoms with Crippen molar-refractivity contribution in [2.45, 2.75) is 13.0 Å². The van der Waals surface area contributed by atoms with Gasteiger partial charge in [-0.05, 0) is 25.1 Å². The van der Waals surface area contributed by atoms with Gasteiger partial charge in [0.25, 0.3) is 0 Å². The molecule has 0 bridgehead atoms. The lowest BCUT2D eigenvalue weighted by Crippen LogP contribution is -2.26. The van der Waals surface area contributed by atoms with Crippen molar-refractivity contribution in [3.8, 4) is 5.75 Å². The number of rotatable bonds is 2. The van der Waals surface area contributed by atoms with Gasteiger partial charge in [0, 0.05) is 23.7 Å². The third-order valence-corrected chi connectivity index (χ3v) is 5.19. The molecule has 1 aromatic carbocycles. The van der Waals surface area contributed by atoms with Crippen LogP contribution in [0.15, 0.2) is 18.2 Å². The van der Waals surface area contributed by atoms with E-state index < -0.39 is 9.84 Å². The summed E-state index contributed by atoms with van der Waals surface area (Å²) < 4.78 is 23.0. The quantitative estimate of drug-likeness (QED) is 0.900. The van der Waals surface area contributed by atoms with Crippen molar-refractivity contribution in [1.29, 1.82) is 0 Å². The standard InChI is InChI=1S/C12H16ClNO3S/c13-11-3-1-4-12(15)10(11)9-14-5-2-7-18(16,17)8-6-14/h1,3-4,15H,2,5-9H2. The summed E-state index contributed by atoms with van der Waals surface area (Å²) in [6.45, 7) is 1.69. The van der Waals surface area contributed by atoms with Crippen molar-refractivity contribution in [1.82, 2.24) is 4.90 Å². The zero-order chi connectivity index (χ0) is 13.2. The number of sulfone groups is 1. The molecule has 0 unspecified atom stereocenters. The molecule has 1 aromatic rings. The van der Waals surface area contributed by atoms with Crippen molar-refractivity contribution < 1.29 is 13.5 Å². The van der Waals surface area contributed by atoms with Crippen molar-refractivity contribution in [2.24, 2.45) is 0 Å². The van der Waals surface area contributed by atoms with E-state index in [1.807, 2.05) is 4.90 Å². The Labute approximate surface area is 112 Å². The first-order valence-electron chi connectivity index (χ1n) is 5.87. The minimum absolute atomic E-state index is 0.162. The van der Waals surface area contributed by atoms with E-state index in [0.29, 0.717) is 36.6 Å². The molecule has 0 aromatic heterocycles. The van der Waals surface area contributed by atoms with Crippen molar-refractivity contribution in [3.05, 3.63) is 28.8 Å². The van der Waals surface area contributed by atoms with E-state index in [-0.39, 0.29) is 17.3 Å². The molecule has 4 nitrogen and oxygen atoms in total. The maximum Gasteiger partial charge on any atom is 0.151 e. The molecule has 0 atom stereocenters. The van der Waals surface area contributed by atoms with Gasteiger partial charge in [-0.3, -0.25) is 4.90 Å². The summed E-state index contributed by atoms with van der Waals surface area (Å²) in [6.07, 6.45) is 0.632. The minimum atomic E-state index is -2.90. The SMILES string of the molecule is O=S1(=O)CCCN(Cc2c(O)cccc2Cl)CC1.